The maximum atomic E-state index is 11.1. The number of benzene rings is 1. The van der Waals surface area contributed by atoms with Gasteiger partial charge < -0.3 is 14.6 Å². The van der Waals surface area contributed by atoms with E-state index in [1.54, 1.807) is 6.07 Å². The molecule has 1 aromatic carbocycles. The van der Waals surface area contributed by atoms with Crippen LogP contribution in [0.5, 0.6) is 11.5 Å². The van der Waals surface area contributed by atoms with E-state index in [9.17, 15) is 4.79 Å². The predicted molar refractivity (Wildman–Crippen MR) is 75.0 cm³/mol. The maximum absolute atomic E-state index is 11.1. The average molecular weight is 307 g/mol. The third-order valence-electron chi connectivity index (χ3n) is 3.28. The van der Waals surface area contributed by atoms with E-state index in [0.717, 1.165) is 5.56 Å². The number of nitrogens with zero attached hydrogens (tertiary/aromatic N) is 1. The zero-order valence-corrected chi connectivity index (χ0v) is 11.8. The van der Waals surface area contributed by atoms with E-state index >= 15 is 0 Å². The Morgan fingerprint density at radius 2 is 2.19 bits per heavy atom. The van der Waals surface area contributed by atoms with E-state index in [4.69, 9.17) is 26.8 Å². The summed E-state index contributed by atoms with van der Waals surface area (Å²) in [7, 11) is 0. The lowest BCUT2D eigenvalue weighted by Gasteiger charge is -2.14. The van der Waals surface area contributed by atoms with Gasteiger partial charge in [0.05, 0.1) is 6.42 Å². The summed E-state index contributed by atoms with van der Waals surface area (Å²) in [4.78, 5) is 15.2. The fraction of sp³-hybridized carbons (Fsp3) is 0.308. The summed E-state index contributed by atoms with van der Waals surface area (Å²) in [6, 6.07) is 5.46. The minimum Gasteiger partial charge on any atom is -0.481 e. The Morgan fingerprint density at radius 1 is 1.38 bits per heavy atom. The van der Waals surface area contributed by atoms with Crippen LogP contribution in [0.2, 0.25) is 0 Å². The molecular weight excluding hydrogens is 294 g/mol. The van der Waals surface area contributed by atoms with Crippen molar-refractivity contribution in [1.82, 2.24) is 15.2 Å². The van der Waals surface area contributed by atoms with Gasteiger partial charge in [0.1, 0.15) is 5.82 Å². The first kappa shape index (κ1) is 13.6. The van der Waals surface area contributed by atoms with Crippen molar-refractivity contribution in [3.8, 4) is 11.5 Å². The summed E-state index contributed by atoms with van der Waals surface area (Å²) in [5, 5.41) is 14.7. The SMILES string of the molecule is O=C(O)CC(Cc1nc(=S)[nH][nH]1)c1ccc2c(c1)OCO2. The van der Waals surface area contributed by atoms with Crippen LogP contribution in [0.3, 0.4) is 0 Å². The fourth-order valence-corrected chi connectivity index (χ4v) is 2.48. The third-order valence-corrected chi connectivity index (χ3v) is 3.47. The van der Waals surface area contributed by atoms with Gasteiger partial charge in [-0.3, -0.25) is 15.0 Å². The highest BCUT2D eigenvalue weighted by molar-refractivity contribution is 7.71. The van der Waals surface area contributed by atoms with Crippen LogP contribution in [0.1, 0.15) is 23.7 Å². The Bertz CT molecular complexity index is 724. The summed E-state index contributed by atoms with van der Waals surface area (Å²) >= 11 is 4.90. The number of rotatable bonds is 5. The molecule has 21 heavy (non-hydrogen) atoms. The van der Waals surface area contributed by atoms with E-state index in [2.05, 4.69) is 15.2 Å². The van der Waals surface area contributed by atoms with Crippen LogP contribution in [0.25, 0.3) is 0 Å². The molecule has 2 aromatic rings. The quantitative estimate of drug-likeness (QED) is 0.730. The smallest absolute Gasteiger partial charge is 0.303 e. The molecule has 8 heteroatoms. The zero-order chi connectivity index (χ0) is 14.8. The zero-order valence-electron chi connectivity index (χ0n) is 11.0. The number of nitrogens with one attached hydrogen (secondary N) is 2. The number of carbonyl (C=O) groups is 1. The highest BCUT2D eigenvalue weighted by atomic mass is 32.1. The predicted octanol–water partition coefficient (Wildman–Crippen LogP) is 2.00. The number of carboxylic acids is 1. The molecule has 1 atom stereocenters. The Balaban J connectivity index is 1.87. The molecule has 2 heterocycles. The Labute approximate surface area is 124 Å². The molecule has 0 spiro atoms. The highest BCUT2D eigenvalue weighted by Gasteiger charge is 2.21. The van der Waals surface area contributed by atoms with Crippen LogP contribution in [0.15, 0.2) is 18.2 Å². The van der Waals surface area contributed by atoms with E-state index < -0.39 is 5.97 Å². The molecule has 0 fully saturated rings. The Hall–Kier alpha value is -2.35. The van der Waals surface area contributed by atoms with Gasteiger partial charge in [-0.05, 0) is 29.9 Å². The molecule has 0 radical (unpaired) electrons. The third kappa shape index (κ3) is 3.05. The average Bonchev–Trinajstić information content (AvgIpc) is 3.05. The van der Waals surface area contributed by atoms with E-state index in [0.29, 0.717) is 28.5 Å². The highest BCUT2D eigenvalue weighted by Crippen LogP contribution is 2.36. The summed E-state index contributed by atoms with van der Waals surface area (Å²) in [6.45, 7) is 0.189. The van der Waals surface area contributed by atoms with E-state index in [1.165, 1.54) is 0 Å². The van der Waals surface area contributed by atoms with Crippen LogP contribution in [-0.4, -0.2) is 33.1 Å². The summed E-state index contributed by atoms with van der Waals surface area (Å²) in [6.07, 6.45) is 0.437. The van der Waals surface area contributed by atoms with Gasteiger partial charge in [-0.2, -0.15) is 0 Å². The number of ether oxygens (including phenoxy) is 2. The number of fused-ring (bicyclic) bond motifs is 1. The second kappa shape index (κ2) is 5.57. The lowest BCUT2D eigenvalue weighted by molar-refractivity contribution is -0.137. The standard InChI is InChI=1S/C13H13N3O4S/c17-12(18)5-8(4-11-14-13(21)16-15-11)7-1-2-9-10(3-7)20-6-19-9/h1-3,8H,4-6H2,(H,17,18)(H2,14,15,16,21). The van der Waals surface area contributed by atoms with Crippen LogP contribution in [-0.2, 0) is 11.2 Å². The maximum Gasteiger partial charge on any atom is 0.303 e. The fourth-order valence-electron chi connectivity index (χ4n) is 2.32. The first-order valence-corrected chi connectivity index (χ1v) is 6.77. The van der Waals surface area contributed by atoms with Crippen molar-refractivity contribution in [3.63, 3.8) is 0 Å². The van der Waals surface area contributed by atoms with Gasteiger partial charge in [-0.25, -0.2) is 4.98 Å². The van der Waals surface area contributed by atoms with Gasteiger partial charge in [0.25, 0.3) is 0 Å². The number of aromatic nitrogens is 3. The molecule has 1 aliphatic rings. The molecular formula is C13H13N3O4S. The topological polar surface area (TPSA) is 100 Å². The van der Waals surface area contributed by atoms with Crippen molar-refractivity contribution in [2.75, 3.05) is 6.79 Å². The molecule has 1 aliphatic heterocycles. The second-order valence-electron chi connectivity index (χ2n) is 4.73. The molecule has 110 valence electrons. The number of hydrogen-bond acceptors (Lipinski definition) is 5. The summed E-state index contributed by atoms with van der Waals surface area (Å²) in [5.74, 6) is 0.839. The minimum absolute atomic E-state index is 0.00684. The molecule has 3 rings (SSSR count). The second-order valence-corrected chi connectivity index (χ2v) is 5.11. The molecule has 0 saturated heterocycles. The van der Waals surface area contributed by atoms with Crippen molar-refractivity contribution in [1.29, 1.82) is 0 Å². The van der Waals surface area contributed by atoms with Crippen molar-refractivity contribution in [2.24, 2.45) is 0 Å². The molecule has 0 saturated carbocycles. The number of aromatic amines is 2. The van der Waals surface area contributed by atoms with Crippen molar-refractivity contribution in [3.05, 3.63) is 34.4 Å². The van der Waals surface area contributed by atoms with Gasteiger partial charge in [-0.15, -0.1) is 0 Å². The number of carboxylic acid groups (broad SMARTS) is 1. The molecule has 1 aromatic heterocycles. The van der Waals surface area contributed by atoms with Gasteiger partial charge in [0, 0.05) is 12.3 Å². The van der Waals surface area contributed by atoms with E-state index in [1.807, 2.05) is 12.1 Å². The van der Waals surface area contributed by atoms with Crippen LogP contribution < -0.4 is 9.47 Å². The number of aliphatic carboxylic acids is 1. The number of H-pyrrole nitrogens is 2. The molecule has 0 bridgehead atoms. The largest absolute Gasteiger partial charge is 0.481 e. The van der Waals surface area contributed by atoms with Crippen LogP contribution in [0.4, 0.5) is 0 Å². The minimum atomic E-state index is -0.869. The molecule has 0 aliphatic carbocycles. The van der Waals surface area contributed by atoms with Gasteiger partial charge >= 0.3 is 5.97 Å². The lowest BCUT2D eigenvalue weighted by atomic mass is 9.92. The summed E-state index contributed by atoms with van der Waals surface area (Å²) in [5.41, 5.74) is 0.865. The lowest BCUT2D eigenvalue weighted by Crippen LogP contribution is -2.10. The van der Waals surface area contributed by atoms with Crippen LogP contribution >= 0.6 is 12.2 Å². The number of hydrogen-bond donors (Lipinski definition) is 3. The monoisotopic (exact) mass is 307 g/mol. The van der Waals surface area contributed by atoms with Crippen molar-refractivity contribution < 1.29 is 19.4 Å². The molecule has 7 nitrogen and oxygen atoms in total. The van der Waals surface area contributed by atoms with Crippen LogP contribution in [0, 0.1) is 4.77 Å². The molecule has 3 N–H and O–H groups in total. The molecule has 1 unspecified atom stereocenters. The van der Waals surface area contributed by atoms with Crippen molar-refractivity contribution in [2.45, 2.75) is 18.8 Å². The Morgan fingerprint density at radius 3 is 2.90 bits per heavy atom. The first-order valence-electron chi connectivity index (χ1n) is 6.36. The van der Waals surface area contributed by atoms with Gasteiger partial charge in [-0.1, -0.05) is 6.07 Å². The molecule has 0 amide bonds. The van der Waals surface area contributed by atoms with Gasteiger partial charge in [0.15, 0.2) is 11.5 Å². The van der Waals surface area contributed by atoms with E-state index in [-0.39, 0.29) is 19.1 Å². The summed E-state index contributed by atoms with van der Waals surface area (Å²) < 4.78 is 10.9. The Kier molecular flexibility index (Phi) is 3.61. The first-order chi connectivity index (χ1) is 10.1. The van der Waals surface area contributed by atoms with Crippen molar-refractivity contribution >= 4 is 18.2 Å². The normalized spacial score (nSPS) is 14.1. The van der Waals surface area contributed by atoms with Gasteiger partial charge in [0.2, 0.25) is 11.6 Å².